The van der Waals surface area contributed by atoms with E-state index in [-0.39, 0.29) is 17.4 Å². The molecule has 0 spiro atoms. The van der Waals surface area contributed by atoms with Crippen LogP contribution in [0.15, 0.2) is 88.2 Å². The Balaban J connectivity index is 1.62. The Morgan fingerprint density at radius 1 is 1.03 bits per heavy atom. The number of allylic oxidation sites excluding steroid dienone is 1. The number of methoxy groups -OCH3 is 1. The number of para-hydroxylation sites is 1. The molecule has 4 aromatic rings. The molecule has 1 atom stereocenters. The molecule has 168 valence electrons. The highest BCUT2D eigenvalue weighted by Crippen LogP contribution is 2.41. The number of hydrogen-bond acceptors (Lipinski definition) is 5. The lowest BCUT2D eigenvalue weighted by atomic mass is 9.83. The molecule has 6 heteroatoms. The third-order valence-corrected chi connectivity index (χ3v) is 7.51. The molecule has 0 saturated heterocycles. The van der Waals surface area contributed by atoms with Gasteiger partial charge in [-0.3, -0.25) is 9.36 Å². The molecule has 3 aromatic carbocycles. The van der Waals surface area contributed by atoms with E-state index in [1.54, 1.807) is 31.4 Å². The van der Waals surface area contributed by atoms with Crippen LogP contribution in [0, 0.1) is 0 Å². The lowest BCUT2D eigenvalue weighted by Gasteiger charge is -2.30. The van der Waals surface area contributed by atoms with Gasteiger partial charge in [-0.2, -0.15) is 0 Å². The van der Waals surface area contributed by atoms with Crippen LogP contribution in [0.3, 0.4) is 0 Å². The predicted molar refractivity (Wildman–Crippen MR) is 134 cm³/mol. The molecule has 0 radical (unpaired) electrons. The molecular formula is C28H22N2O3S. The molecule has 1 unspecified atom stereocenters. The summed E-state index contributed by atoms with van der Waals surface area (Å²) >= 11 is 1.36. The first-order chi connectivity index (χ1) is 16.6. The summed E-state index contributed by atoms with van der Waals surface area (Å²) in [7, 11) is 1.65. The van der Waals surface area contributed by atoms with E-state index in [4.69, 9.17) is 9.73 Å². The first-order valence-electron chi connectivity index (χ1n) is 11.2. The van der Waals surface area contributed by atoms with Crippen LogP contribution in [0.5, 0.6) is 11.5 Å². The number of thiazole rings is 1. The summed E-state index contributed by atoms with van der Waals surface area (Å²) in [5, 5.41) is 10.2. The molecule has 34 heavy (non-hydrogen) atoms. The van der Waals surface area contributed by atoms with Gasteiger partial charge in [0.25, 0.3) is 5.56 Å². The number of aromatic hydroxyl groups is 1. The Morgan fingerprint density at radius 3 is 2.59 bits per heavy atom. The van der Waals surface area contributed by atoms with Crippen LogP contribution >= 0.6 is 11.3 Å². The summed E-state index contributed by atoms with van der Waals surface area (Å²) in [6.45, 7) is 0. The van der Waals surface area contributed by atoms with E-state index >= 15 is 0 Å². The van der Waals surface area contributed by atoms with Crippen molar-refractivity contribution in [1.29, 1.82) is 0 Å². The molecule has 2 aliphatic rings. The van der Waals surface area contributed by atoms with Gasteiger partial charge in [-0.25, -0.2) is 4.99 Å². The molecule has 1 aliphatic heterocycles. The van der Waals surface area contributed by atoms with Gasteiger partial charge in [0.1, 0.15) is 11.5 Å². The Labute approximate surface area is 200 Å². The molecule has 1 aromatic heterocycles. The van der Waals surface area contributed by atoms with Crippen molar-refractivity contribution in [3.63, 3.8) is 0 Å². The molecule has 1 aliphatic carbocycles. The molecular weight excluding hydrogens is 444 g/mol. The van der Waals surface area contributed by atoms with Gasteiger partial charge < -0.3 is 9.84 Å². The first kappa shape index (κ1) is 20.7. The second-order valence-corrected chi connectivity index (χ2v) is 9.45. The fourth-order valence-electron chi connectivity index (χ4n) is 4.86. The Bertz CT molecular complexity index is 1630. The topological polar surface area (TPSA) is 63.8 Å². The minimum atomic E-state index is -0.239. The van der Waals surface area contributed by atoms with Crippen LogP contribution in [0.25, 0.3) is 11.8 Å². The van der Waals surface area contributed by atoms with E-state index in [1.165, 1.54) is 16.9 Å². The summed E-state index contributed by atoms with van der Waals surface area (Å²) in [5.74, 6) is 0.923. The van der Waals surface area contributed by atoms with E-state index < -0.39 is 0 Å². The molecule has 5 nitrogen and oxygen atoms in total. The van der Waals surface area contributed by atoms with Gasteiger partial charge in [0.2, 0.25) is 0 Å². The Kier molecular flexibility index (Phi) is 4.96. The lowest BCUT2D eigenvalue weighted by Crippen LogP contribution is -2.38. The SMILES string of the molecule is COc1ccc(C2C3=C(N=c4s/c(=C\c5ccccc5O)c(=O)n42)c2ccccc2CC3)cc1. The fourth-order valence-corrected chi connectivity index (χ4v) is 5.85. The number of hydrogen-bond donors (Lipinski definition) is 1. The number of rotatable bonds is 3. The number of phenolic OH excluding ortho intramolecular Hbond substituents is 1. The van der Waals surface area contributed by atoms with Gasteiger partial charge in [-0.1, -0.05) is 65.9 Å². The molecule has 1 N–H and O–H groups in total. The average Bonchev–Trinajstić information content (AvgIpc) is 3.18. The van der Waals surface area contributed by atoms with Gasteiger partial charge in [-0.05, 0) is 53.8 Å². The maximum Gasteiger partial charge on any atom is 0.271 e. The highest BCUT2D eigenvalue weighted by atomic mass is 32.1. The third-order valence-electron chi connectivity index (χ3n) is 6.53. The average molecular weight is 467 g/mol. The van der Waals surface area contributed by atoms with E-state index in [9.17, 15) is 9.90 Å². The summed E-state index contributed by atoms with van der Waals surface area (Å²) in [6, 6.07) is 23.1. The number of fused-ring (bicyclic) bond motifs is 3. The minimum Gasteiger partial charge on any atom is -0.507 e. The van der Waals surface area contributed by atoms with Crippen LogP contribution in [0.4, 0.5) is 0 Å². The zero-order valence-electron chi connectivity index (χ0n) is 18.6. The van der Waals surface area contributed by atoms with Gasteiger partial charge >= 0.3 is 0 Å². The van der Waals surface area contributed by atoms with Crippen LogP contribution in [-0.2, 0) is 6.42 Å². The van der Waals surface area contributed by atoms with Gasteiger partial charge in [0.05, 0.1) is 23.4 Å². The van der Waals surface area contributed by atoms with Crippen LogP contribution < -0.4 is 19.6 Å². The zero-order valence-corrected chi connectivity index (χ0v) is 19.4. The van der Waals surface area contributed by atoms with Gasteiger partial charge in [0, 0.05) is 11.1 Å². The molecule has 0 amide bonds. The molecule has 6 rings (SSSR count). The van der Waals surface area contributed by atoms with Crippen molar-refractivity contribution in [2.45, 2.75) is 18.9 Å². The largest absolute Gasteiger partial charge is 0.507 e. The van der Waals surface area contributed by atoms with Gasteiger partial charge in [-0.15, -0.1) is 0 Å². The number of benzene rings is 3. The Morgan fingerprint density at radius 2 is 1.79 bits per heavy atom. The number of ether oxygens (including phenoxy) is 1. The van der Waals surface area contributed by atoms with Gasteiger partial charge in [0.15, 0.2) is 4.80 Å². The summed E-state index contributed by atoms with van der Waals surface area (Å²) in [4.78, 5) is 19.4. The van der Waals surface area contributed by atoms with Crippen molar-refractivity contribution < 1.29 is 9.84 Å². The predicted octanol–water partition coefficient (Wildman–Crippen LogP) is 4.03. The number of aromatic nitrogens is 1. The number of nitrogens with zero attached hydrogens (tertiary/aromatic N) is 2. The maximum atomic E-state index is 13.7. The van der Waals surface area contributed by atoms with E-state index in [1.807, 2.05) is 41.0 Å². The lowest BCUT2D eigenvalue weighted by molar-refractivity contribution is 0.414. The van der Waals surface area contributed by atoms with Crippen molar-refractivity contribution >= 4 is 23.1 Å². The second-order valence-electron chi connectivity index (χ2n) is 8.45. The standard InChI is InChI=1S/C28H22N2O3S/c1-33-20-13-10-18(11-14-20)26-22-15-12-17-6-2-4-8-21(17)25(22)29-28-30(26)27(32)24(34-28)16-19-7-3-5-9-23(19)31/h2-11,13-14,16,26,31H,12,15H2,1H3/b24-16-. The second kappa shape index (κ2) is 8.15. The van der Waals surface area contributed by atoms with Crippen molar-refractivity contribution in [1.82, 2.24) is 4.57 Å². The number of aryl methyl sites for hydroxylation is 1. The maximum absolute atomic E-state index is 13.7. The highest BCUT2D eigenvalue weighted by Gasteiger charge is 2.32. The fraction of sp³-hybridized carbons (Fsp3) is 0.143. The normalized spacial score (nSPS) is 17.0. The monoisotopic (exact) mass is 466 g/mol. The van der Waals surface area contributed by atoms with Crippen molar-refractivity contribution in [3.05, 3.63) is 120 Å². The third kappa shape index (κ3) is 3.30. The molecule has 2 heterocycles. The van der Waals surface area contributed by atoms with Crippen LogP contribution in [0.2, 0.25) is 0 Å². The van der Waals surface area contributed by atoms with Crippen molar-refractivity contribution in [2.24, 2.45) is 4.99 Å². The van der Waals surface area contributed by atoms with Crippen molar-refractivity contribution in [3.8, 4) is 11.5 Å². The quantitative estimate of drug-likeness (QED) is 0.496. The molecule has 0 saturated carbocycles. The van der Waals surface area contributed by atoms with E-state index in [0.29, 0.717) is 14.9 Å². The van der Waals surface area contributed by atoms with E-state index in [2.05, 4.69) is 18.2 Å². The summed E-state index contributed by atoms with van der Waals surface area (Å²) < 4.78 is 7.72. The molecule has 0 fully saturated rings. The van der Waals surface area contributed by atoms with Crippen molar-refractivity contribution in [2.75, 3.05) is 7.11 Å². The number of phenols is 1. The summed E-state index contributed by atoms with van der Waals surface area (Å²) in [6.07, 6.45) is 3.51. The van der Waals surface area contributed by atoms with Crippen LogP contribution in [-0.4, -0.2) is 16.8 Å². The van der Waals surface area contributed by atoms with E-state index in [0.717, 1.165) is 41.0 Å². The zero-order chi connectivity index (χ0) is 23.2. The van der Waals surface area contributed by atoms with Crippen LogP contribution in [0.1, 0.15) is 34.7 Å². The minimum absolute atomic E-state index is 0.0989. The molecule has 0 bridgehead atoms. The first-order valence-corrected chi connectivity index (χ1v) is 12.0. The highest BCUT2D eigenvalue weighted by molar-refractivity contribution is 7.07. The smallest absolute Gasteiger partial charge is 0.271 e. The Hall–Kier alpha value is -3.90. The summed E-state index contributed by atoms with van der Waals surface area (Å²) in [5.41, 5.74) is 6.09.